The highest BCUT2D eigenvalue weighted by Gasteiger charge is 2.33. The monoisotopic (exact) mass is 457 g/mol. The van der Waals surface area contributed by atoms with E-state index in [1.54, 1.807) is 5.19 Å². The summed E-state index contributed by atoms with van der Waals surface area (Å²) >= 11 is 0. The quantitative estimate of drug-likeness (QED) is 0.313. The summed E-state index contributed by atoms with van der Waals surface area (Å²) in [6.07, 6.45) is 0. The lowest BCUT2D eigenvalue weighted by Crippen LogP contribution is -2.58. The topological polar surface area (TPSA) is 0 Å². The van der Waals surface area contributed by atoms with E-state index in [0.717, 1.165) is 6.04 Å². The molecule has 0 saturated heterocycles. The van der Waals surface area contributed by atoms with Gasteiger partial charge in [0.15, 0.2) is 0 Å². The Hall–Kier alpha value is -3.21. The van der Waals surface area contributed by atoms with Crippen molar-refractivity contribution in [1.82, 2.24) is 0 Å². The third kappa shape index (κ3) is 4.24. The standard InChI is InChI=1S/C31H29Si2/c1-32(31-23-13-16-25-14-9-11-21-29(25)31)30-22-12-10-15-26(30)24-33(2,27-17-5-3-6-18-27)28-19-7-4-8-20-28/h3-23H,24H2,1-2H3. The first-order chi connectivity index (χ1) is 16.2. The Bertz CT molecular complexity index is 1320. The van der Waals surface area contributed by atoms with E-state index in [1.807, 2.05) is 0 Å². The molecular formula is C31H29Si2. The maximum atomic E-state index is 2.54. The van der Waals surface area contributed by atoms with Crippen molar-refractivity contribution in [2.45, 2.75) is 19.1 Å². The third-order valence-corrected chi connectivity index (χ3v) is 13.8. The number of rotatable bonds is 6. The van der Waals surface area contributed by atoms with Gasteiger partial charge in [-0.05, 0) is 22.0 Å². The van der Waals surface area contributed by atoms with E-state index in [1.165, 1.54) is 31.9 Å². The highest BCUT2D eigenvalue weighted by atomic mass is 28.3. The minimum Gasteiger partial charge on any atom is -0.0628 e. The number of hydrogen-bond acceptors (Lipinski definition) is 0. The van der Waals surface area contributed by atoms with Crippen LogP contribution in [0.25, 0.3) is 10.8 Å². The molecular weight excluding hydrogens is 429 g/mol. The normalized spacial score (nSPS) is 11.7. The van der Waals surface area contributed by atoms with Crippen LogP contribution in [0.15, 0.2) is 127 Å². The van der Waals surface area contributed by atoms with Crippen LogP contribution in [-0.4, -0.2) is 16.9 Å². The fourth-order valence-corrected chi connectivity index (χ4v) is 11.2. The van der Waals surface area contributed by atoms with Crippen molar-refractivity contribution < 1.29 is 0 Å². The summed E-state index contributed by atoms with van der Waals surface area (Å²) in [6, 6.07) is 48.3. The molecule has 5 rings (SSSR count). The Morgan fingerprint density at radius 3 is 1.76 bits per heavy atom. The van der Waals surface area contributed by atoms with Crippen LogP contribution >= 0.6 is 0 Å². The minimum absolute atomic E-state index is 0.912. The lowest BCUT2D eigenvalue weighted by Gasteiger charge is -2.30. The van der Waals surface area contributed by atoms with E-state index < -0.39 is 16.9 Å². The molecule has 0 aliphatic rings. The largest absolute Gasteiger partial charge is 0.119 e. The van der Waals surface area contributed by atoms with Gasteiger partial charge in [0.05, 0.1) is 0 Å². The number of hydrogen-bond donors (Lipinski definition) is 0. The van der Waals surface area contributed by atoms with Gasteiger partial charge in [-0.25, -0.2) is 0 Å². The van der Waals surface area contributed by atoms with Crippen LogP contribution in [0.4, 0.5) is 0 Å². The van der Waals surface area contributed by atoms with Gasteiger partial charge in [-0.3, -0.25) is 0 Å². The van der Waals surface area contributed by atoms with Gasteiger partial charge < -0.3 is 0 Å². The highest BCUT2D eigenvalue weighted by Crippen LogP contribution is 2.16. The molecule has 33 heavy (non-hydrogen) atoms. The molecule has 0 bridgehead atoms. The summed E-state index contributed by atoms with van der Waals surface area (Å²) in [4.78, 5) is 0. The van der Waals surface area contributed by atoms with Crippen molar-refractivity contribution >= 4 is 48.4 Å². The van der Waals surface area contributed by atoms with Crippen molar-refractivity contribution in [3.63, 3.8) is 0 Å². The molecule has 5 aromatic carbocycles. The first-order valence-corrected chi connectivity index (χ1v) is 16.4. The predicted octanol–water partition coefficient (Wildman–Crippen LogP) is 5.05. The average molecular weight is 458 g/mol. The zero-order valence-electron chi connectivity index (χ0n) is 19.3. The summed E-state index contributed by atoms with van der Waals surface area (Å²) in [7, 11) is -2.87. The van der Waals surface area contributed by atoms with E-state index in [4.69, 9.17) is 0 Å². The molecule has 0 aliphatic heterocycles. The van der Waals surface area contributed by atoms with Crippen molar-refractivity contribution in [3.8, 4) is 0 Å². The molecule has 0 nitrogen and oxygen atoms in total. The molecule has 0 heterocycles. The summed E-state index contributed by atoms with van der Waals surface area (Å²) < 4.78 is 0. The fraction of sp³-hybridized carbons (Fsp3) is 0.0968. The predicted molar refractivity (Wildman–Crippen MR) is 149 cm³/mol. The van der Waals surface area contributed by atoms with E-state index in [0.29, 0.717) is 0 Å². The molecule has 0 aliphatic carbocycles. The van der Waals surface area contributed by atoms with Gasteiger partial charge in [-0.15, -0.1) is 0 Å². The number of benzene rings is 5. The molecule has 0 fully saturated rings. The molecule has 0 aromatic heterocycles. The van der Waals surface area contributed by atoms with Crippen LogP contribution in [0.2, 0.25) is 13.1 Å². The summed E-state index contributed by atoms with van der Waals surface area (Å²) in [5.41, 5.74) is 1.52. The van der Waals surface area contributed by atoms with Gasteiger partial charge in [-0.2, -0.15) is 0 Å². The molecule has 2 heteroatoms. The zero-order valence-corrected chi connectivity index (χ0v) is 21.3. The van der Waals surface area contributed by atoms with Gasteiger partial charge in [0, 0.05) is 0 Å². The smallest absolute Gasteiger partial charge is 0.0628 e. The lowest BCUT2D eigenvalue weighted by atomic mass is 10.1. The summed E-state index contributed by atoms with van der Waals surface area (Å²) in [5.74, 6) is 0. The van der Waals surface area contributed by atoms with Crippen molar-refractivity contribution in [3.05, 3.63) is 133 Å². The van der Waals surface area contributed by atoms with Crippen LogP contribution in [-0.2, 0) is 6.04 Å². The van der Waals surface area contributed by atoms with Crippen LogP contribution in [0, 0.1) is 0 Å². The second-order valence-electron chi connectivity index (χ2n) is 9.05. The molecule has 0 saturated carbocycles. The Balaban J connectivity index is 1.61. The third-order valence-electron chi connectivity index (χ3n) is 6.98. The maximum absolute atomic E-state index is 2.54. The highest BCUT2D eigenvalue weighted by molar-refractivity contribution is 7.01. The second kappa shape index (κ2) is 9.34. The minimum atomic E-state index is -1.96. The molecule has 0 atom stereocenters. The van der Waals surface area contributed by atoms with Crippen LogP contribution < -0.4 is 20.7 Å². The SMILES string of the molecule is C[Si](c1ccccc1C[Si](C)(c1ccccc1)c1ccccc1)c1cccc2ccccc12. The Morgan fingerprint density at radius 1 is 0.545 bits per heavy atom. The Kier molecular flexibility index (Phi) is 6.12. The molecule has 5 aromatic rings. The Morgan fingerprint density at radius 2 is 1.06 bits per heavy atom. The molecule has 0 amide bonds. The Labute approximate surface area is 200 Å². The van der Waals surface area contributed by atoms with E-state index in [2.05, 4.69) is 140 Å². The van der Waals surface area contributed by atoms with E-state index >= 15 is 0 Å². The van der Waals surface area contributed by atoms with Crippen LogP contribution in [0.5, 0.6) is 0 Å². The van der Waals surface area contributed by atoms with Gasteiger partial charge in [0.25, 0.3) is 0 Å². The molecule has 0 N–H and O–H groups in total. The van der Waals surface area contributed by atoms with Gasteiger partial charge in [-0.1, -0.05) is 162 Å². The van der Waals surface area contributed by atoms with Gasteiger partial charge in [0.1, 0.15) is 16.9 Å². The first-order valence-electron chi connectivity index (χ1n) is 11.7. The van der Waals surface area contributed by atoms with E-state index in [9.17, 15) is 0 Å². The maximum Gasteiger partial charge on any atom is 0.119 e. The summed E-state index contributed by atoms with van der Waals surface area (Å²) in [6.45, 7) is 5.00. The molecule has 161 valence electrons. The summed E-state index contributed by atoms with van der Waals surface area (Å²) in [5, 5.41) is 8.79. The van der Waals surface area contributed by atoms with Crippen LogP contribution in [0.3, 0.4) is 0 Å². The zero-order chi connectivity index (χ0) is 22.7. The molecule has 0 unspecified atom stereocenters. The average Bonchev–Trinajstić information content (AvgIpc) is 2.89. The fourth-order valence-electron chi connectivity index (χ4n) is 5.10. The van der Waals surface area contributed by atoms with Crippen molar-refractivity contribution in [1.29, 1.82) is 0 Å². The second-order valence-corrected chi connectivity index (χ2v) is 15.5. The lowest BCUT2D eigenvalue weighted by molar-refractivity contribution is 1.36. The number of fused-ring (bicyclic) bond motifs is 1. The van der Waals surface area contributed by atoms with Crippen molar-refractivity contribution in [2.75, 3.05) is 0 Å². The molecule has 0 spiro atoms. The first kappa shape index (κ1) is 21.6. The molecule has 1 radical (unpaired) electrons. The van der Waals surface area contributed by atoms with Gasteiger partial charge >= 0.3 is 0 Å². The van der Waals surface area contributed by atoms with Gasteiger partial charge in [0.2, 0.25) is 0 Å². The van der Waals surface area contributed by atoms with E-state index in [-0.39, 0.29) is 0 Å². The van der Waals surface area contributed by atoms with Crippen LogP contribution in [0.1, 0.15) is 5.56 Å². The van der Waals surface area contributed by atoms with Crippen molar-refractivity contribution in [2.24, 2.45) is 0 Å².